The molecule has 6 N–H and O–H groups in total. The van der Waals surface area contributed by atoms with Gasteiger partial charge in [0.15, 0.2) is 5.79 Å². The standard InChI is InChI=1S/C13H15N7O2/c14-12-10(20(21)22)7-16-13(15,19-12)6-5-11-17-8-3-1-2-4-9(8)18-11/h1-4,7,16H,5-6,15H2,(H2,14,19)(H,17,18). The number of fused-ring (bicyclic) bond motifs is 1. The minimum absolute atomic E-state index is 0.184. The summed E-state index contributed by atoms with van der Waals surface area (Å²) in [6.45, 7) is 0. The third-order valence-electron chi connectivity index (χ3n) is 3.42. The molecule has 0 spiro atoms. The first-order valence-corrected chi connectivity index (χ1v) is 6.67. The van der Waals surface area contributed by atoms with E-state index < -0.39 is 10.7 Å². The number of imidazole rings is 1. The van der Waals surface area contributed by atoms with E-state index in [4.69, 9.17) is 11.5 Å². The SMILES string of the molecule is NC1=NC(N)(CCc2nc3ccccc3[nH]2)NC=C1[N+](=O)[O-]. The molecule has 0 bridgehead atoms. The van der Waals surface area contributed by atoms with E-state index in [-0.39, 0.29) is 11.5 Å². The fourth-order valence-electron chi connectivity index (χ4n) is 2.28. The highest BCUT2D eigenvalue weighted by Gasteiger charge is 2.31. The van der Waals surface area contributed by atoms with E-state index >= 15 is 0 Å². The Morgan fingerprint density at radius 1 is 1.36 bits per heavy atom. The molecule has 1 aliphatic rings. The van der Waals surface area contributed by atoms with E-state index in [0.29, 0.717) is 12.8 Å². The minimum atomic E-state index is -1.18. The lowest BCUT2D eigenvalue weighted by Gasteiger charge is -2.27. The Kier molecular flexibility index (Phi) is 3.26. The Labute approximate surface area is 125 Å². The number of aromatic nitrogens is 2. The average Bonchev–Trinajstić information content (AvgIpc) is 2.87. The number of aliphatic imine (C=N–C) groups is 1. The van der Waals surface area contributed by atoms with Gasteiger partial charge in [0.1, 0.15) is 5.82 Å². The summed E-state index contributed by atoms with van der Waals surface area (Å²) in [6.07, 6.45) is 2.09. The van der Waals surface area contributed by atoms with E-state index in [1.807, 2.05) is 24.3 Å². The molecule has 2 heterocycles. The van der Waals surface area contributed by atoms with E-state index in [0.717, 1.165) is 16.9 Å². The number of amidine groups is 1. The van der Waals surface area contributed by atoms with Crippen molar-refractivity contribution in [1.82, 2.24) is 15.3 Å². The maximum Gasteiger partial charge on any atom is 0.326 e. The van der Waals surface area contributed by atoms with Gasteiger partial charge in [-0.1, -0.05) is 12.1 Å². The molecule has 1 atom stereocenters. The zero-order valence-electron chi connectivity index (χ0n) is 11.6. The number of nitrogens with two attached hydrogens (primary N) is 2. The van der Waals surface area contributed by atoms with E-state index in [1.54, 1.807) is 0 Å². The van der Waals surface area contributed by atoms with Crippen molar-refractivity contribution in [3.63, 3.8) is 0 Å². The second kappa shape index (κ2) is 5.11. The lowest BCUT2D eigenvalue weighted by atomic mass is 10.1. The number of para-hydroxylation sites is 2. The van der Waals surface area contributed by atoms with Crippen LogP contribution in [0.4, 0.5) is 0 Å². The van der Waals surface area contributed by atoms with Crippen molar-refractivity contribution in [3.8, 4) is 0 Å². The maximum absolute atomic E-state index is 10.7. The van der Waals surface area contributed by atoms with Crippen molar-refractivity contribution >= 4 is 16.9 Å². The smallest absolute Gasteiger partial charge is 0.326 e. The summed E-state index contributed by atoms with van der Waals surface area (Å²) in [6, 6.07) is 7.68. The van der Waals surface area contributed by atoms with Crippen LogP contribution in [0.15, 0.2) is 41.2 Å². The first-order chi connectivity index (χ1) is 10.5. The van der Waals surface area contributed by atoms with Gasteiger partial charge in [0.25, 0.3) is 0 Å². The molecule has 1 aromatic carbocycles. The third-order valence-corrected chi connectivity index (χ3v) is 3.42. The molecule has 9 nitrogen and oxygen atoms in total. The number of rotatable bonds is 4. The number of aryl methyl sites for hydroxylation is 1. The number of H-pyrrole nitrogens is 1. The van der Waals surface area contributed by atoms with Crippen LogP contribution >= 0.6 is 0 Å². The fraction of sp³-hybridized carbons (Fsp3) is 0.231. The van der Waals surface area contributed by atoms with Gasteiger partial charge >= 0.3 is 5.70 Å². The monoisotopic (exact) mass is 301 g/mol. The highest BCUT2D eigenvalue weighted by molar-refractivity contribution is 5.95. The summed E-state index contributed by atoms with van der Waals surface area (Å²) >= 11 is 0. The molecule has 22 heavy (non-hydrogen) atoms. The van der Waals surface area contributed by atoms with Gasteiger partial charge < -0.3 is 16.0 Å². The molecule has 114 valence electrons. The van der Waals surface area contributed by atoms with E-state index in [1.165, 1.54) is 6.20 Å². The van der Waals surface area contributed by atoms with Gasteiger partial charge in [0, 0.05) is 12.8 Å². The molecule has 0 amide bonds. The Bertz CT molecular complexity index is 762. The molecule has 0 radical (unpaired) electrons. The average molecular weight is 301 g/mol. The molecule has 1 aromatic heterocycles. The lowest BCUT2D eigenvalue weighted by molar-refractivity contribution is -0.416. The van der Waals surface area contributed by atoms with Crippen molar-refractivity contribution in [2.75, 3.05) is 0 Å². The van der Waals surface area contributed by atoms with Gasteiger partial charge in [0.2, 0.25) is 5.84 Å². The molecular weight excluding hydrogens is 286 g/mol. The number of nitrogens with one attached hydrogen (secondary N) is 2. The van der Waals surface area contributed by atoms with Crippen molar-refractivity contribution in [1.29, 1.82) is 0 Å². The second-order valence-corrected chi connectivity index (χ2v) is 5.05. The number of hydrogen-bond donors (Lipinski definition) is 4. The summed E-state index contributed by atoms with van der Waals surface area (Å²) < 4.78 is 0. The van der Waals surface area contributed by atoms with E-state index in [2.05, 4.69) is 20.3 Å². The lowest BCUT2D eigenvalue weighted by Crippen LogP contribution is -2.54. The van der Waals surface area contributed by atoms with Crippen molar-refractivity contribution in [3.05, 3.63) is 52.1 Å². The topological polar surface area (TPSA) is 148 Å². The van der Waals surface area contributed by atoms with Gasteiger partial charge in [-0.3, -0.25) is 15.8 Å². The minimum Gasteiger partial charge on any atom is -0.378 e. The van der Waals surface area contributed by atoms with Crippen LogP contribution in [0.5, 0.6) is 0 Å². The molecule has 3 rings (SSSR count). The normalized spacial score (nSPS) is 21.1. The Morgan fingerprint density at radius 2 is 2.14 bits per heavy atom. The molecule has 9 heteroatoms. The molecule has 0 fully saturated rings. The Morgan fingerprint density at radius 3 is 2.82 bits per heavy atom. The highest BCUT2D eigenvalue weighted by atomic mass is 16.6. The van der Waals surface area contributed by atoms with Crippen molar-refractivity contribution in [2.45, 2.75) is 18.6 Å². The van der Waals surface area contributed by atoms with Crippen LogP contribution in [0.25, 0.3) is 11.0 Å². The first-order valence-electron chi connectivity index (χ1n) is 6.67. The number of nitrogens with zero attached hydrogens (tertiary/aromatic N) is 3. The summed E-state index contributed by atoms with van der Waals surface area (Å²) in [5.74, 6) is -0.593. The maximum atomic E-state index is 10.7. The number of aromatic amines is 1. The quantitative estimate of drug-likeness (QED) is 0.468. The zero-order chi connectivity index (χ0) is 15.7. The molecule has 1 unspecified atom stereocenters. The predicted octanol–water partition coefficient (Wildman–Crippen LogP) is 0.186. The number of benzene rings is 1. The van der Waals surface area contributed by atoms with Crippen LogP contribution in [0, 0.1) is 10.1 Å². The van der Waals surface area contributed by atoms with Gasteiger partial charge in [0.05, 0.1) is 22.2 Å². The third kappa shape index (κ3) is 2.61. The molecule has 0 saturated heterocycles. The summed E-state index contributed by atoms with van der Waals surface area (Å²) in [7, 11) is 0. The van der Waals surface area contributed by atoms with Crippen LogP contribution in [-0.4, -0.2) is 26.5 Å². The number of hydrogen-bond acceptors (Lipinski definition) is 7. The van der Waals surface area contributed by atoms with Gasteiger partial charge in [-0.25, -0.2) is 9.98 Å². The van der Waals surface area contributed by atoms with Crippen LogP contribution < -0.4 is 16.8 Å². The summed E-state index contributed by atoms with van der Waals surface area (Å²) in [5, 5.41) is 13.5. The second-order valence-electron chi connectivity index (χ2n) is 5.05. The van der Waals surface area contributed by atoms with Crippen molar-refractivity contribution in [2.24, 2.45) is 16.5 Å². The summed E-state index contributed by atoms with van der Waals surface area (Å²) in [4.78, 5) is 21.8. The Balaban J connectivity index is 1.72. The van der Waals surface area contributed by atoms with Crippen LogP contribution in [0.2, 0.25) is 0 Å². The largest absolute Gasteiger partial charge is 0.378 e. The predicted molar refractivity (Wildman–Crippen MR) is 81.2 cm³/mol. The fourth-order valence-corrected chi connectivity index (χ4v) is 2.28. The number of nitro groups is 1. The Hall–Kier alpha value is -2.94. The van der Waals surface area contributed by atoms with Gasteiger partial charge in [-0.2, -0.15) is 0 Å². The summed E-state index contributed by atoms with van der Waals surface area (Å²) in [5.41, 5.74) is 13.2. The van der Waals surface area contributed by atoms with Crippen LogP contribution in [0.3, 0.4) is 0 Å². The first kappa shape index (κ1) is 14.0. The van der Waals surface area contributed by atoms with Crippen LogP contribution in [-0.2, 0) is 6.42 Å². The van der Waals surface area contributed by atoms with Gasteiger partial charge in [-0.15, -0.1) is 0 Å². The molecular formula is C13H15N7O2. The van der Waals surface area contributed by atoms with Gasteiger partial charge in [-0.05, 0) is 12.1 Å². The molecule has 0 saturated carbocycles. The van der Waals surface area contributed by atoms with Crippen LogP contribution in [0.1, 0.15) is 12.2 Å². The van der Waals surface area contributed by atoms with Crippen molar-refractivity contribution < 1.29 is 4.92 Å². The highest BCUT2D eigenvalue weighted by Crippen LogP contribution is 2.17. The molecule has 2 aromatic rings. The zero-order valence-corrected chi connectivity index (χ0v) is 11.6. The molecule has 1 aliphatic heterocycles. The molecule has 0 aliphatic carbocycles. The van der Waals surface area contributed by atoms with E-state index in [9.17, 15) is 10.1 Å².